The van der Waals surface area contributed by atoms with Gasteiger partial charge in [0.25, 0.3) is 0 Å². The van der Waals surface area contributed by atoms with Crippen LogP contribution in [-0.2, 0) is 6.54 Å². The SMILES string of the molecule is CCOc1cc(N)cc(NCc2cccc(Br)c2)c1. The smallest absolute Gasteiger partial charge is 0.123 e. The largest absolute Gasteiger partial charge is 0.494 e. The highest BCUT2D eigenvalue weighted by atomic mass is 79.9. The lowest BCUT2D eigenvalue weighted by molar-refractivity contribution is 0.340. The van der Waals surface area contributed by atoms with E-state index in [1.54, 1.807) is 0 Å². The van der Waals surface area contributed by atoms with Crippen LogP contribution in [0, 0.1) is 0 Å². The van der Waals surface area contributed by atoms with Crippen LogP contribution in [0.15, 0.2) is 46.9 Å². The molecule has 0 radical (unpaired) electrons. The molecule has 0 fully saturated rings. The van der Waals surface area contributed by atoms with Gasteiger partial charge in [-0.2, -0.15) is 0 Å². The third kappa shape index (κ3) is 4.17. The number of nitrogens with two attached hydrogens (primary N) is 1. The second kappa shape index (κ2) is 6.48. The first-order valence-electron chi connectivity index (χ1n) is 6.19. The summed E-state index contributed by atoms with van der Waals surface area (Å²) in [6.07, 6.45) is 0. The first kappa shape index (κ1) is 13.7. The molecule has 100 valence electrons. The average molecular weight is 321 g/mol. The molecule has 4 heteroatoms. The normalized spacial score (nSPS) is 10.2. The number of rotatable bonds is 5. The van der Waals surface area contributed by atoms with Crippen LogP contribution in [0.25, 0.3) is 0 Å². The van der Waals surface area contributed by atoms with Gasteiger partial charge in [0, 0.05) is 34.5 Å². The molecule has 0 atom stereocenters. The van der Waals surface area contributed by atoms with Crippen molar-refractivity contribution in [3.8, 4) is 5.75 Å². The number of benzene rings is 2. The molecule has 0 aliphatic carbocycles. The minimum absolute atomic E-state index is 0.633. The summed E-state index contributed by atoms with van der Waals surface area (Å²) in [5.74, 6) is 0.791. The van der Waals surface area contributed by atoms with E-state index < -0.39 is 0 Å². The maximum absolute atomic E-state index is 5.86. The van der Waals surface area contributed by atoms with Crippen molar-refractivity contribution in [3.05, 3.63) is 52.5 Å². The van der Waals surface area contributed by atoms with Gasteiger partial charge < -0.3 is 15.8 Å². The van der Waals surface area contributed by atoms with Gasteiger partial charge in [-0.25, -0.2) is 0 Å². The van der Waals surface area contributed by atoms with Crippen molar-refractivity contribution in [3.63, 3.8) is 0 Å². The molecule has 0 saturated carbocycles. The minimum atomic E-state index is 0.633. The Morgan fingerprint density at radius 2 is 2.05 bits per heavy atom. The highest BCUT2D eigenvalue weighted by molar-refractivity contribution is 9.10. The second-order valence-electron chi connectivity index (χ2n) is 4.21. The van der Waals surface area contributed by atoms with Crippen LogP contribution in [0.1, 0.15) is 12.5 Å². The summed E-state index contributed by atoms with van der Waals surface area (Å²) < 4.78 is 6.55. The van der Waals surface area contributed by atoms with Crippen LogP contribution in [0.3, 0.4) is 0 Å². The molecule has 2 aromatic carbocycles. The quantitative estimate of drug-likeness (QED) is 0.817. The summed E-state index contributed by atoms with van der Waals surface area (Å²) in [5, 5.41) is 3.35. The molecule has 0 heterocycles. The number of nitrogens with one attached hydrogen (secondary N) is 1. The van der Waals surface area contributed by atoms with Crippen LogP contribution >= 0.6 is 15.9 Å². The molecule has 3 N–H and O–H groups in total. The Balaban J connectivity index is 2.06. The molecule has 0 spiro atoms. The van der Waals surface area contributed by atoms with E-state index in [4.69, 9.17) is 10.5 Å². The number of ether oxygens (including phenoxy) is 1. The fourth-order valence-corrected chi connectivity index (χ4v) is 2.27. The average Bonchev–Trinajstić information content (AvgIpc) is 2.36. The molecule has 0 amide bonds. The summed E-state index contributed by atoms with van der Waals surface area (Å²) in [6.45, 7) is 3.33. The van der Waals surface area contributed by atoms with Crippen molar-refractivity contribution >= 4 is 27.3 Å². The van der Waals surface area contributed by atoms with Crippen LogP contribution in [-0.4, -0.2) is 6.61 Å². The number of anilines is 2. The van der Waals surface area contributed by atoms with E-state index in [1.165, 1.54) is 5.56 Å². The minimum Gasteiger partial charge on any atom is -0.494 e. The van der Waals surface area contributed by atoms with Crippen molar-refractivity contribution < 1.29 is 4.74 Å². The topological polar surface area (TPSA) is 47.3 Å². The lowest BCUT2D eigenvalue weighted by Crippen LogP contribution is -2.01. The Kier molecular flexibility index (Phi) is 4.68. The van der Waals surface area contributed by atoms with Crippen LogP contribution in [0.5, 0.6) is 5.75 Å². The predicted molar refractivity (Wildman–Crippen MR) is 83.5 cm³/mol. The van der Waals surface area contributed by atoms with E-state index in [2.05, 4.69) is 33.4 Å². The highest BCUT2D eigenvalue weighted by Gasteiger charge is 2.00. The van der Waals surface area contributed by atoms with Gasteiger partial charge in [0.2, 0.25) is 0 Å². The molecule has 2 aromatic rings. The second-order valence-corrected chi connectivity index (χ2v) is 5.12. The summed E-state index contributed by atoms with van der Waals surface area (Å²) in [7, 11) is 0. The first-order valence-corrected chi connectivity index (χ1v) is 6.98. The van der Waals surface area contributed by atoms with Crippen molar-refractivity contribution in [2.75, 3.05) is 17.7 Å². The van der Waals surface area contributed by atoms with Gasteiger partial charge >= 0.3 is 0 Å². The van der Waals surface area contributed by atoms with Gasteiger partial charge in [0.05, 0.1) is 6.61 Å². The van der Waals surface area contributed by atoms with E-state index >= 15 is 0 Å². The summed E-state index contributed by atoms with van der Waals surface area (Å²) in [5.41, 5.74) is 8.72. The fourth-order valence-electron chi connectivity index (χ4n) is 1.83. The third-order valence-corrected chi connectivity index (χ3v) is 3.12. The summed E-state index contributed by atoms with van der Waals surface area (Å²) in [4.78, 5) is 0. The number of nitrogen functional groups attached to an aromatic ring is 1. The lowest BCUT2D eigenvalue weighted by Gasteiger charge is -2.10. The molecule has 19 heavy (non-hydrogen) atoms. The summed E-state index contributed by atoms with van der Waals surface area (Å²) >= 11 is 3.46. The van der Waals surface area contributed by atoms with Crippen molar-refractivity contribution in [2.24, 2.45) is 0 Å². The molecule has 0 aliphatic rings. The molecule has 0 aliphatic heterocycles. The van der Waals surface area contributed by atoms with Gasteiger partial charge in [-0.05, 0) is 30.7 Å². The number of hydrogen-bond donors (Lipinski definition) is 2. The van der Waals surface area contributed by atoms with Crippen LogP contribution < -0.4 is 15.8 Å². The fraction of sp³-hybridized carbons (Fsp3) is 0.200. The zero-order valence-corrected chi connectivity index (χ0v) is 12.4. The summed E-state index contributed by atoms with van der Waals surface area (Å²) in [6, 6.07) is 13.9. The molecule has 0 unspecified atom stereocenters. The first-order chi connectivity index (χ1) is 9.17. The molecule has 0 saturated heterocycles. The molecule has 3 nitrogen and oxygen atoms in total. The van der Waals surface area contributed by atoms with Crippen molar-refractivity contribution in [1.29, 1.82) is 0 Å². The standard InChI is InChI=1S/C15H17BrN2O/c1-2-19-15-8-13(17)7-14(9-15)18-10-11-4-3-5-12(16)6-11/h3-9,18H,2,10,17H2,1H3. The Morgan fingerprint density at radius 3 is 2.79 bits per heavy atom. The van der Waals surface area contributed by atoms with Gasteiger partial charge in [0.1, 0.15) is 5.75 Å². The zero-order valence-electron chi connectivity index (χ0n) is 10.8. The van der Waals surface area contributed by atoms with Gasteiger partial charge in [-0.1, -0.05) is 28.1 Å². The van der Waals surface area contributed by atoms with E-state index in [1.807, 2.05) is 37.3 Å². The Labute approximate surface area is 121 Å². The number of hydrogen-bond acceptors (Lipinski definition) is 3. The maximum atomic E-state index is 5.86. The molecular weight excluding hydrogens is 304 g/mol. The lowest BCUT2D eigenvalue weighted by atomic mass is 10.2. The van der Waals surface area contributed by atoms with Gasteiger partial charge in [-0.3, -0.25) is 0 Å². The Hall–Kier alpha value is -1.68. The predicted octanol–water partition coefficient (Wildman–Crippen LogP) is 4.04. The van der Waals surface area contributed by atoms with Crippen molar-refractivity contribution in [1.82, 2.24) is 0 Å². The molecule has 0 bridgehead atoms. The molecular formula is C15H17BrN2O. The maximum Gasteiger partial charge on any atom is 0.123 e. The zero-order chi connectivity index (χ0) is 13.7. The van der Waals surface area contributed by atoms with Crippen molar-refractivity contribution in [2.45, 2.75) is 13.5 Å². The molecule has 2 rings (SSSR count). The van der Waals surface area contributed by atoms with Crippen LogP contribution in [0.4, 0.5) is 11.4 Å². The third-order valence-electron chi connectivity index (χ3n) is 2.63. The highest BCUT2D eigenvalue weighted by Crippen LogP contribution is 2.23. The Bertz CT molecular complexity index is 558. The van der Waals surface area contributed by atoms with Crippen LogP contribution in [0.2, 0.25) is 0 Å². The Morgan fingerprint density at radius 1 is 1.21 bits per heavy atom. The van der Waals surface area contributed by atoms with E-state index in [0.717, 1.165) is 22.5 Å². The molecule has 0 aromatic heterocycles. The monoisotopic (exact) mass is 320 g/mol. The van der Waals surface area contributed by atoms with Gasteiger partial charge in [-0.15, -0.1) is 0 Å². The van der Waals surface area contributed by atoms with Gasteiger partial charge in [0.15, 0.2) is 0 Å². The number of halogens is 1. The van der Waals surface area contributed by atoms with E-state index in [0.29, 0.717) is 12.3 Å². The van der Waals surface area contributed by atoms with E-state index in [-0.39, 0.29) is 0 Å². The van der Waals surface area contributed by atoms with E-state index in [9.17, 15) is 0 Å².